The molecule has 0 bridgehead atoms. The summed E-state index contributed by atoms with van der Waals surface area (Å²) < 4.78 is 1.40. The highest BCUT2D eigenvalue weighted by Gasteiger charge is 2.37. The van der Waals surface area contributed by atoms with E-state index in [4.69, 9.17) is 0 Å². The predicted octanol–water partition coefficient (Wildman–Crippen LogP) is 0.174. The van der Waals surface area contributed by atoms with Crippen LogP contribution in [0.2, 0.25) is 0 Å². The Kier molecular flexibility index (Phi) is 3.03. The zero-order valence-corrected chi connectivity index (χ0v) is 10.6. The first-order chi connectivity index (χ1) is 9.61. The second-order valence-electron chi connectivity index (χ2n) is 4.82. The Hall–Kier alpha value is -2.19. The molecular formula is C12H14N4O4. The van der Waals surface area contributed by atoms with E-state index in [0.717, 1.165) is 0 Å². The third-order valence-corrected chi connectivity index (χ3v) is 3.54. The average Bonchev–Trinajstić information content (AvgIpc) is 2.98. The van der Waals surface area contributed by atoms with E-state index >= 15 is 0 Å². The van der Waals surface area contributed by atoms with E-state index in [1.807, 2.05) is 0 Å². The van der Waals surface area contributed by atoms with E-state index < -0.39 is 11.0 Å². The van der Waals surface area contributed by atoms with Crippen LogP contribution in [0.3, 0.4) is 0 Å². The molecule has 106 valence electrons. The number of nitrogens with zero attached hydrogens (tertiary/aromatic N) is 4. The van der Waals surface area contributed by atoms with Gasteiger partial charge in [0.2, 0.25) is 11.5 Å². The van der Waals surface area contributed by atoms with Crippen molar-refractivity contribution in [2.45, 2.75) is 18.6 Å². The Balaban J connectivity index is 2.15. The van der Waals surface area contributed by atoms with Crippen molar-refractivity contribution < 1.29 is 15.1 Å². The Morgan fingerprint density at radius 2 is 2.30 bits per heavy atom. The number of aliphatic hydroxyl groups excluding tert-OH is 2. The van der Waals surface area contributed by atoms with Gasteiger partial charge in [0, 0.05) is 12.6 Å². The maximum Gasteiger partial charge on any atom is 0.372 e. The molecule has 2 N–H and O–H groups in total. The summed E-state index contributed by atoms with van der Waals surface area (Å²) >= 11 is 0. The minimum Gasteiger partial charge on any atom is -0.394 e. The van der Waals surface area contributed by atoms with Gasteiger partial charge in [0.05, 0.1) is 24.9 Å². The standard InChI is InChI=1S/C12H14N4O4/c17-7-8-5-9(18)6-15(8)11-12(16(19)20)14-4-2-1-3-10(14)13-11/h1-4,8-9,17-18H,5-7H2/t8-,9-/m1/s1. The lowest BCUT2D eigenvalue weighted by atomic mass is 10.2. The van der Waals surface area contributed by atoms with Crippen LogP contribution in [0.4, 0.5) is 11.6 Å². The number of anilines is 1. The first kappa shape index (κ1) is 12.8. The van der Waals surface area contributed by atoms with E-state index in [1.54, 1.807) is 29.3 Å². The number of imidazole rings is 1. The molecule has 1 aliphatic rings. The van der Waals surface area contributed by atoms with Gasteiger partial charge in [0.1, 0.15) is 0 Å². The molecule has 8 heteroatoms. The zero-order chi connectivity index (χ0) is 14.3. The van der Waals surface area contributed by atoms with Gasteiger partial charge in [0.25, 0.3) is 0 Å². The number of pyridine rings is 1. The van der Waals surface area contributed by atoms with Crippen LogP contribution in [0.1, 0.15) is 6.42 Å². The van der Waals surface area contributed by atoms with Crippen LogP contribution in [-0.4, -0.2) is 49.8 Å². The Bertz CT molecular complexity index is 656. The van der Waals surface area contributed by atoms with Gasteiger partial charge in [-0.1, -0.05) is 6.07 Å². The van der Waals surface area contributed by atoms with Crippen molar-refractivity contribution in [2.75, 3.05) is 18.1 Å². The van der Waals surface area contributed by atoms with Crippen molar-refractivity contribution in [3.8, 4) is 0 Å². The van der Waals surface area contributed by atoms with Gasteiger partial charge in [-0.15, -0.1) is 0 Å². The number of fused-ring (bicyclic) bond motifs is 1. The SMILES string of the molecule is O=[N+]([O-])c1c(N2C[C@H](O)C[C@@H]2CO)nc2ccccn12. The summed E-state index contributed by atoms with van der Waals surface area (Å²) in [7, 11) is 0. The molecule has 2 aromatic rings. The van der Waals surface area contributed by atoms with Crippen molar-refractivity contribution in [1.82, 2.24) is 9.38 Å². The molecule has 0 aliphatic carbocycles. The minimum atomic E-state index is -0.614. The van der Waals surface area contributed by atoms with Crippen molar-refractivity contribution in [3.63, 3.8) is 0 Å². The smallest absolute Gasteiger partial charge is 0.372 e. The lowest BCUT2D eigenvalue weighted by molar-refractivity contribution is -0.389. The number of aliphatic hydroxyl groups is 2. The largest absolute Gasteiger partial charge is 0.394 e. The van der Waals surface area contributed by atoms with E-state index in [-0.39, 0.29) is 30.8 Å². The number of rotatable bonds is 3. The van der Waals surface area contributed by atoms with Crippen molar-refractivity contribution in [1.29, 1.82) is 0 Å². The number of β-amino-alcohol motifs (C(OH)–C–C–N with tert-alkyl or cyclic N) is 1. The lowest BCUT2D eigenvalue weighted by Gasteiger charge is -2.21. The molecule has 0 aromatic carbocycles. The van der Waals surface area contributed by atoms with Crippen molar-refractivity contribution >= 4 is 17.3 Å². The molecule has 3 rings (SSSR count). The van der Waals surface area contributed by atoms with Crippen LogP contribution in [0.15, 0.2) is 24.4 Å². The molecule has 2 aromatic heterocycles. The molecule has 0 amide bonds. The fourth-order valence-electron chi connectivity index (χ4n) is 2.66. The van der Waals surface area contributed by atoms with Gasteiger partial charge >= 0.3 is 5.82 Å². The fourth-order valence-corrected chi connectivity index (χ4v) is 2.66. The molecule has 1 saturated heterocycles. The summed E-state index contributed by atoms with van der Waals surface area (Å²) in [5.41, 5.74) is 0.465. The fraction of sp³-hybridized carbons (Fsp3) is 0.417. The molecule has 0 unspecified atom stereocenters. The van der Waals surface area contributed by atoms with Gasteiger partial charge in [-0.25, -0.2) is 0 Å². The number of hydrogen-bond acceptors (Lipinski definition) is 6. The lowest BCUT2D eigenvalue weighted by Crippen LogP contribution is -2.33. The molecule has 1 aliphatic heterocycles. The van der Waals surface area contributed by atoms with Crippen LogP contribution in [0, 0.1) is 10.1 Å². The van der Waals surface area contributed by atoms with Gasteiger partial charge in [-0.3, -0.25) is 0 Å². The summed E-state index contributed by atoms with van der Waals surface area (Å²) in [6, 6.07) is 4.76. The highest BCUT2D eigenvalue weighted by Crippen LogP contribution is 2.33. The Morgan fingerprint density at radius 3 is 3.00 bits per heavy atom. The van der Waals surface area contributed by atoms with E-state index in [2.05, 4.69) is 4.98 Å². The Morgan fingerprint density at radius 1 is 1.50 bits per heavy atom. The van der Waals surface area contributed by atoms with E-state index in [0.29, 0.717) is 12.1 Å². The summed E-state index contributed by atoms with van der Waals surface area (Å²) in [6.45, 7) is 0.0536. The van der Waals surface area contributed by atoms with Crippen molar-refractivity contribution in [2.24, 2.45) is 0 Å². The van der Waals surface area contributed by atoms with Gasteiger partial charge in [-0.05, 0) is 17.4 Å². The third kappa shape index (κ3) is 1.89. The predicted molar refractivity (Wildman–Crippen MR) is 70.7 cm³/mol. The van der Waals surface area contributed by atoms with Gasteiger partial charge in [-0.2, -0.15) is 9.38 Å². The molecule has 0 radical (unpaired) electrons. The monoisotopic (exact) mass is 278 g/mol. The number of hydrogen-bond donors (Lipinski definition) is 2. The molecule has 0 spiro atoms. The maximum atomic E-state index is 11.3. The number of nitro groups is 1. The first-order valence-corrected chi connectivity index (χ1v) is 6.29. The molecule has 20 heavy (non-hydrogen) atoms. The summed E-state index contributed by atoms with van der Waals surface area (Å²) in [5.74, 6) is 0.0463. The summed E-state index contributed by atoms with van der Waals surface area (Å²) in [6.07, 6.45) is 1.34. The first-order valence-electron chi connectivity index (χ1n) is 6.29. The van der Waals surface area contributed by atoms with Crippen LogP contribution in [-0.2, 0) is 0 Å². The van der Waals surface area contributed by atoms with E-state index in [9.17, 15) is 20.3 Å². The quantitative estimate of drug-likeness (QED) is 0.613. The summed E-state index contributed by atoms with van der Waals surface area (Å²) in [4.78, 5) is 16.7. The van der Waals surface area contributed by atoms with Crippen LogP contribution >= 0.6 is 0 Å². The van der Waals surface area contributed by atoms with Crippen LogP contribution < -0.4 is 4.90 Å². The van der Waals surface area contributed by atoms with Crippen molar-refractivity contribution in [3.05, 3.63) is 34.5 Å². The average molecular weight is 278 g/mol. The zero-order valence-electron chi connectivity index (χ0n) is 10.6. The van der Waals surface area contributed by atoms with Gasteiger partial charge in [0.15, 0.2) is 0 Å². The second kappa shape index (κ2) is 4.73. The normalized spacial score (nSPS) is 22.6. The topological polar surface area (TPSA) is 104 Å². The van der Waals surface area contributed by atoms with Gasteiger partial charge < -0.3 is 25.2 Å². The number of aromatic nitrogens is 2. The maximum absolute atomic E-state index is 11.3. The Labute approximate surface area is 114 Å². The summed E-state index contributed by atoms with van der Waals surface area (Å²) in [5, 5.41) is 30.4. The molecular weight excluding hydrogens is 264 g/mol. The van der Waals surface area contributed by atoms with Crippen LogP contribution in [0.5, 0.6) is 0 Å². The third-order valence-electron chi connectivity index (χ3n) is 3.54. The van der Waals surface area contributed by atoms with E-state index in [1.165, 1.54) is 4.40 Å². The highest BCUT2D eigenvalue weighted by molar-refractivity contribution is 5.64. The second-order valence-corrected chi connectivity index (χ2v) is 4.82. The molecule has 1 fully saturated rings. The molecule has 3 heterocycles. The molecule has 2 atom stereocenters. The highest BCUT2D eigenvalue weighted by atomic mass is 16.6. The van der Waals surface area contributed by atoms with Crippen LogP contribution in [0.25, 0.3) is 5.65 Å². The minimum absolute atomic E-state index is 0.145. The molecule has 8 nitrogen and oxygen atoms in total. The molecule has 0 saturated carbocycles.